The van der Waals surface area contributed by atoms with E-state index in [1.165, 1.54) is 24.2 Å². The second-order valence-corrected chi connectivity index (χ2v) is 8.77. The second kappa shape index (κ2) is 11.2. The third-order valence-electron chi connectivity index (χ3n) is 6.41. The minimum Gasteiger partial charge on any atom is -0.369 e. The molecule has 4 rings (SSSR count). The van der Waals surface area contributed by atoms with E-state index in [9.17, 15) is 9.18 Å². The lowest BCUT2D eigenvalue weighted by Gasteiger charge is -2.37. The maximum Gasteiger partial charge on any atom is 0.253 e. The quantitative estimate of drug-likeness (QED) is 0.623. The number of piperidine rings is 1. The Kier molecular flexibility index (Phi) is 8.58. The summed E-state index contributed by atoms with van der Waals surface area (Å²) in [5.74, 6) is 0.391. The number of carbonyl (C=O) groups excluding carboxylic acids is 1. The van der Waals surface area contributed by atoms with Gasteiger partial charge in [0.05, 0.1) is 0 Å². The van der Waals surface area contributed by atoms with Crippen LogP contribution in [0.15, 0.2) is 48.5 Å². The largest absolute Gasteiger partial charge is 0.369 e. The van der Waals surface area contributed by atoms with Crippen molar-refractivity contribution in [3.05, 3.63) is 64.9 Å². The molecule has 2 aliphatic rings. The summed E-state index contributed by atoms with van der Waals surface area (Å²) in [6, 6.07) is 14.0. The van der Waals surface area contributed by atoms with Gasteiger partial charge in [0.25, 0.3) is 5.91 Å². The predicted molar refractivity (Wildman–Crippen MR) is 127 cm³/mol. The molecule has 0 saturated carbocycles. The van der Waals surface area contributed by atoms with E-state index in [0.29, 0.717) is 11.5 Å². The molecule has 0 aromatic heterocycles. The molecule has 168 valence electrons. The van der Waals surface area contributed by atoms with Crippen molar-refractivity contribution in [3.8, 4) is 0 Å². The molecule has 2 fully saturated rings. The first-order valence-corrected chi connectivity index (χ1v) is 11.2. The maximum atomic E-state index is 13.1. The third-order valence-corrected chi connectivity index (χ3v) is 6.66. The van der Waals surface area contributed by atoms with Gasteiger partial charge in [0.15, 0.2) is 0 Å². The molecule has 7 heteroatoms. The van der Waals surface area contributed by atoms with Gasteiger partial charge in [0, 0.05) is 55.5 Å². The Balaban J connectivity index is 0.00000272. The van der Waals surface area contributed by atoms with Gasteiger partial charge in [-0.15, -0.1) is 12.4 Å². The summed E-state index contributed by atoms with van der Waals surface area (Å²) in [5.41, 5.74) is 1.82. The summed E-state index contributed by atoms with van der Waals surface area (Å²) in [4.78, 5) is 19.5. The summed E-state index contributed by atoms with van der Waals surface area (Å²) in [6.45, 7) is 7.00. The van der Waals surface area contributed by atoms with E-state index in [2.05, 4.69) is 21.9 Å². The van der Waals surface area contributed by atoms with Crippen LogP contribution in [-0.4, -0.2) is 61.5 Å². The zero-order chi connectivity index (χ0) is 20.9. The first-order valence-electron chi connectivity index (χ1n) is 10.9. The molecule has 2 aliphatic heterocycles. The fraction of sp³-hybridized carbons (Fsp3) is 0.458. The molecule has 0 N–H and O–H groups in total. The fourth-order valence-corrected chi connectivity index (χ4v) is 4.57. The highest BCUT2D eigenvalue weighted by molar-refractivity contribution is 6.30. The first-order chi connectivity index (χ1) is 14.6. The molecule has 31 heavy (non-hydrogen) atoms. The normalized spacial score (nSPS) is 18.0. The van der Waals surface area contributed by atoms with Crippen molar-refractivity contribution in [3.63, 3.8) is 0 Å². The molecule has 2 aromatic carbocycles. The smallest absolute Gasteiger partial charge is 0.253 e. The van der Waals surface area contributed by atoms with Gasteiger partial charge in [-0.3, -0.25) is 9.69 Å². The van der Waals surface area contributed by atoms with Crippen LogP contribution < -0.4 is 4.90 Å². The number of piperazine rings is 1. The standard InChI is InChI=1S/C24H29ClFN3O.ClH/c25-21-3-7-23(8-4-21)28-17-15-27(16-18-28)12-9-19-10-13-29(14-11-19)24(30)20-1-5-22(26)6-2-20;/h1-8,19H,9-18H2;1H. The third kappa shape index (κ3) is 6.34. The van der Waals surface area contributed by atoms with E-state index in [1.54, 1.807) is 12.1 Å². The van der Waals surface area contributed by atoms with Crippen LogP contribution in [0.25, 0.3) is 0 Å². The summed E-state index contributed by atoms with van der Waals surface area (Å²) in [5, 5.41) is 0.780. The average Bonchev–Trinajstić information content (AvgIpc) is 2.79. The van der Waals surface area contributed by atoms with Crippen LogP contribution in [0.4, 0.5) is 10.1 Å². The number of benzene rings is 2. The molecule has 0 radical (unpaired) electrons. The fourth-order valence-electron chi connectivity index (χ4n) is 4.45. The molecule has 2 saturated heterocycles. The average molecular weight is 466 g/mol. The topological polar surface area (TPSA) is 26.8 Å². The molecule has 1 amide bonds. The monoisotopic (exact) mass is 465 g/mol. The number of carbonyl (C=O) groups is 1. The van der Waals surface area contributed by atoms with Crippen molar-refractivity contribution in [1.82, 2.24) is 9.80 Å². The lowest BCUT2D eigenvalue weighted by Crippen LogP contribution is -2.47. The van der Waals surface area contributed by atoms with E-state index in [0.717, 1.165) is 63.7 Å². The Morgan fingerprint density at radius 3 is 2.13 bits per heavy atom. The van der Waals surface area contributed by atoms with E-state index >= 15 is 0 Å². The molecule has 2 heterocycles. The second-order valence-electron chi connectivity index (χ2n) is 8.34. The van der Waals surface area contributed by atoms with Crippen molar-refractivity contribution in [1.29, 1.82) is 0 Å². The highest BCUT2D eigenvalue weighted by atomic mass is 35.5. The highest BCUT2D eigenvalue weighted by Gasteiger charge is 2.25. The molecular formula is C24H30Cl2FN3O. The van der Waals surface area contributed by atoms with Crippen LogP contribution in [0, 0.1) is 11.7 Å². The van der Waals surface area contributed by atoms with Crippen LogP contribution in [0.3, 0.4) is 0 Å². The number of anilines is 1. The van der Waals surface area contributed by atoms with Crippen LogP contribution >= 0.6 is 24.0 Å². The van der Waals surface area contributed by atoms with Gasteiger partial charge < -0.3 is 9.80 Å². The van der Waals surface area contributed by atoms with Crippen molar-refractivity contribution >= 4 is 35.6 Å². The predicted octanol–water partition coefficient (Wildman–Crippen LogP) is 4.97. The maximum absolute atomic E-state index is 13.1. The Morgan fingerprint density at radius 1 is 0.903 bits per heavy atom. The van der Waals surface area contributed by atoms with Crippen molar-refractivity contribution in [2.24, 2.45) is 5.92 Å². The van der Waals surface area contributed by atoms with E-state index in [1.807, 2.05) is 17.0 Å². The molecule has 0 bridgehead atoms. The molecule has 0 spiro atoms. The number of amides is 1. The van der Waals surface area contributed by atoms with E-state index in [4.69, 9.17) is 11.6 Å². The van der Waals surface area contributed by atoms with Crippen LogP contribution in [0.5, 0.6) is 0 Å². The Morgan fingerprint density at radius 2 is 1.52 bits per heavy atom. The number of nitrogens with zero attached hydrogens (tertiary/aromatic N) is 3. The lowest BCUT2D eigenvalue weighted by atomic mass is 9.93. The van der Waals surface area contributed by atoms with Gasteiger partial charge >= 0.3 is 0 Å². The minimum atomic E-state index is -0.306. The Hall–Kier alpha value is -1.82. The van der Waals surface area contributed by atoms with Gasteiger partial charge in [-0.2, -0.15) is 0 Å². The number of rotatable bonds is 5. The van der Waals surface area contributed by atoms with Gasteiger partial charge in [-0.25, -0.2) is 4.39 Å². The van der Waals surface area contributed by atoms with Crippen molar-refractivity contribution < 1.29 is 9.18 Å². The SMILES string of the molecule is Cl.O=C(c1ccc(F)cc1)N1CCC(CCN2CCN(c3ccc(Cl)cc3)CC2)CC1. The summed E-state index contributed by atoms with van der Waals surface area (Å²) >= 11 is 5.99. The molecular weight excluding hydrogens is 436 g/mol. The zero-order valence-corrected chi connectivity index (χ0v) is 19.3. The van der Waals surface area contributed by atoms with Crippen molar-refractivity contribution in [2.45, 2.75) is 19.3 Å². The number of hydrogen-bond donors (Lipinski definition) is 0. The highest BCUT2D eigenvalue weighted by Crippen LogP contribution is 2.24. The van der Waals surface area contributed by atoms with Crippen LogP contribution in [0.1, 0.15) is 29.6 Å². The van der Waals surface area contributed by atoms with Crippen LogP contribution in [-0.2, 0) is 0 Å². The zero-order valence-electron chi connectivity index (χ0n) is 17.7. The van der Waals surface area contributed by atoms with Gasteiger partial charge in [-0.05, 0) is 80.3 Å². The summed E-state index contributed by atoms with van der Waals surface area (Å²) in [6.07, 6.45) is 3.30. The molecule has 2 aromatic rings. The number of likely N-dealkylation sites (tertiary alicyclic amines) is 1. The van der Waals surface area contributed by atoms with Gasteiger partial charge in [0.1, 0.15) is 5.82 Å². The number of halogens is 3. The van der Waals surface area contributed by atoms with E-state index in [-0.39, 0.29) is 24.1 Å². The summed E-state index contributed by atoms with van der Waals surface area (Å²) < 4.78 is 13.1. The molecule has 0 unspecified atom stereocenters. The molecule has 4 nitrogen and oxygen atoms in total. The Bertz CT molecular complexity index is 831. The minimum absolute atomic E-state index is 0. The molecule has 0 atom stereocenters. The van der Waals surface area contributed by atoms with E-state index < -0.39 is 0 Å². The lowest BCUT2D eigenvalue weighted by molar-refractivity contribution is 0.0680. The number of hydrogen-bond acceptors (Lipinski definition) is 3. The van der Waals surface area contributed by atoms with Gasteiger partial charge in [0.2, 0.25) is 0 Å². The van der Waals surface area contributed by atoms with Gasteiger partial charge in [-0.1, -0.05) is 11.6 Å². The molecule has 0 aliphatic carbocycles. The summed E-state index contributed by atoms with van der Waals surface area (Å²) in [7, 11) is 0. The first kappa shape index (κ1) is 23.8. The van der Waals surface area contributed by atoms with Crippen molar-refractivity contribution in [2.75, 3.05) is 50.7 Å². The van der Waals surface area contributed by atoms with Crippen LogP contribution in [0.2, 0.25) is 5.02 Å². The Labute approximate surface area is 195 Å².